The molecule has 11 aromatic carbocycles. The van der Waals surface area contributed by atoms with Gasteiger partial charge in [0, 0.05) is 33.5 Å². The second-order valence-corrected chi connectivity index (χ2v) is 16.5. The molecular weight excluding hydrogens is 773 g/mol. The summed E-state index contributed by atoms with van der Waals surface area (Å²) in [5.41, 5.74) is 16.6. The Labute approximate surface area is 373 Å². The van der Waals surface area contributed by atoms with E-state index in [1.807, 2.05) is 0 Å². The van der Waals surface area contributed by atoms with Gasteiger partial charge in [-0.15, -0.1) is 0 Å². The minimum absolute atomic E-state index is 1.09. The van der Waals surface area contributed by atoms with Gasteiger partial charge in [-0.2, -0.15) is 0 Å². The molecule has 0 saturated heterocycles. The van der Waals surface area contributed by atoms with E-state index in [1.54, 1.807) is 0 Å². The summed E-state index contributed by atoms with van der Waals surface area (Å²) in [4.78, 5) is 2.38. The van der Waals surface area contributed by atoms with Crippen molar-refractivity contribution in [2.45, 2.75) is 0 Å². The molecule has 12 rings (SSSR count). The molecule has 0 saturated carbocycles. The predicted octanol–water partition coefficient (Wildman–Crippen LogP) is 17.2. The van der Waals surface area contributed by atoms with Gasteiger partial charge in [-0.1, -0.05) is 188 Å². The molecular formula is C62H42N2. The Kier molecular flexibility index (Phi) is 9.20. The largest absolute Gasteiger partial charge is 0.310 e. The molecule has 1 aromatic heterocycles. The van der Waals surface area contributed by atoms with Crippen molar-refractivity contribution < 1.29 is 0 Å². The van der Waals surface area contributed by atoms with Crippen molar-refractivity contribution >= 4 is 60.4 Å². The maximum Gasteiger partial charge on any atom is 0.0541 e. The highest BCUT2D eigenvalue weighted by molar-refractivity contribution is 6.09. The van der Waals surface area contributed by atoms with Crippen LogP contribution in [-0.2, 0) is 0 Å². The van der Waals surface area contributed by atoms with Gasteiger partial charge in [0.2, 0.25) is 0 Å². The summed E-state index contributed by atoms with van der Waals surface area (Å²) in [6, 6.07) is 92.6. The Balaban J connectivity index is 0.937. The lowest BCUT2D eigenvalue weighted by Crippen LogP contribution is -2.10. The smallest absolute Gasteiger partial charge is 0.0541 e. The molecule has 0 atom stereocenters. The molecule has 2 nitrogen and oxygen atoms in total. The number of hydrogen-bond acceptors (Lipinski definition) is 1. The fourth-order valence-electron chi connectivity index (χ4n) is 9.65. The first-order valence-electron chi connectivity index (χ1n) is 22.0. The third-order valence-corrected chi connectivity index (χ3v) is 12.8. The Morgan fingerprint density at radius 2 is 0.641 bits per heavy atom. The van der Waals surface area contributed by atoms with Crippen LogP contribution in [0, 0.1) is 0 Å². The number of hydrogen-bond donors (Lipinski definition) is 0. The fraction of sp³-hybridized carbons (Fsp3) is 0. The van der Waals surface area contributed by atoms with E-state index >= 15 is 0 Å². The second kappa shape index (κ2) is 15.8. The van der Waals surface area contributed by atoms with Crippen molar-refractivity contribution in [1.29, 1.82) is 0 Å². The van der Waals surface area contributed by atoms with Gasteiger partial charge in [0.05, 0.1) is 11.0 Å². The zero-order valence-electron chi connectivity index (χ0n) is 35.1. The van der Waals surface area contributed by atoms with E-state index in [4.69, 9.17) is 0 Å². The van der Waals surface area contributed by atoms with Crippen LogP contribution in [0.2, 0.25) is 0 Å². The van der Waals surface area contributed by atoms with Gasteiger partial charge in [-0.25, -0.2) is 0 Å². The summed E-state index contributed by atoms with van der Waals surface area (Å²) in [5, 5.41) is 7.41. The molecule has 0 radical (unpaired) electrons. The van der Waals surface area contributed by atoms with E-state index in [0.717, 1.165) is 22.7 Å². The summed E-state index contributed by atoms with van der Waals surface area (Å²) < 4.78 is 2.38. The molecule has 0 aliphatic heterocycles. The number of fused-ring (bicyclic) bond motifs is 5. The predicted molar refractivity (Wildman–Crippen MR) is 272 cm³/mol. The van der Waals surface area contributed by atoms with E-state index in [2.05, 4.69) is 264 Å². The van der Waals surface area contributed by atoms with Gasteiger partial charge in [0.1, 0.15) is 0 Å². The number of aromatic nitrogens is 1. The Morgan fingerprint density at radius 1 is 0.250 bits per heavy atom. The van der Waals surface area contributed by atoms with Gasteiger partial charge in [0.25, 0.3) is 0 Å². The summed E-state index contributed by atoms with van der Waals surface area (Å²) in [6.45, 7) is 0. The number of benzene rings is 11. The molecule has 0 N–H and O–H groups in total. The van der Waals surface area contributed by atoms with Crippen LogP contribution in [0.15, 0.2) is 255 Å². The van der Waals surface area contributed by atoms with Crippen LogP contribution in [0.3, 0.4) is 0 Å². The van der Waals surface area contributed by atoms with Crippen LogP contribution in [0.25, 0.3) is 93.5 Å². The molecule has 64 heavy (non-hydrogen) atoms. The van der Waals surface area contributed by atoms with Crippen molar-refractivity contribution in [3.63, 3.8) is 0 Å². The number of anilines is 3. The van der Waals surface area contributed by atoms with Gasteiger partial charge in [-0.05, 0) is 133 Å². The third kappa shape index (κ3) is 6.61. The Bertz CT molecular complexity index is 3570. The van der Waals surface area contributed by atoms with Crippen molar-refractivity contribution in [3.8, 4) is 50.2 Å². The summed E-state index contributed by atoms with van der Waals surface area (Å²) in [5.74, 6) is 0. The van der Waals surface area contributed by atoms with Crippen LogP contribution in [0.5, 0.6) is 0 Å². The molecule has 0 aliphatic rings. The Hall–Kier alpha value is -8.46. The average molecular weight is 815 g/mol. The van der Waals surface area contributed by atoms with E-state index in [1.165, 1.54) is 87.9 Å². The van der Waals surface area contributed by atoms with Gasteiger partial charge >= 0.3 is 0 Å². The minimum atomic E-state index is 1.09. The van der Waals surface area contributed by atoms with Crippen LogP contribution >= 0.6 is 0 Å². The second-order valence-electron chi connectivity index (χ2n) is 16.5. The first kappa shape index (κ1) is 37.3. The molecule has 0 aliphatic carbocycles. The standard InChI is InChI=1S/C62H42N2/c1-3-13-43(14-4-1)44-23-25-45(26-24-44)48-27-28-50-42-54(34-31-49(50)41-48)63(52-35-37-53(38-36-52)64-61-21-11-9-19-59(61)60-20-10-12-22-62(60)64)51-32-29-47(30-33-51)56-40-39-55(46-15-5-2-6-16-46)57-17-7-8-18-58(56)57/h1-42H. The van der Waals surface area contributed by atoms with Crippen molar-refractivity contribution in [2.24, 2.45) is 0 Å². The van der Waals surface area contributed by atoms with E-state index in [-0.39, 0.29) is 0 Å². The molecule has 0 bridgehead atoms. The Morgan fingerprint density at radius 3 is 1.23 bits per heavy atom. The molecule has 0 amide bonds. The van der Waals surface area contributed by atoms with Crippen LogP contribution < -0.4 is 4.90 Å². The first-order chi connectivity index (χ1) is 31.7. The zero-order valence-corrected chi connectivity index (χ0v) is 35.1. The quantitative estimate of drug-likeness (QED) is 0.148. The molecule has 2 heteroatoms. The van der Waals surface area contributed by atoms with E-state index in [9.17, 15) is 0 Å². The third-order valence-electron chi connectivity index (χ3n) is 12.8. The highest BCUT2D eigenvalue weighted by Crippen LogP contribution is 2.41. The average Bonchev–Trinajstić information content (AvgIpc) is 3.71. The monoisotopic (exact) mass is 814 g/mol. The van der Waals surface area contributed by atoms with Crippen LogP contribution in [0.1, 0.15) is 0 Å². The number of para-hydroxylation sites is 2. The molecule has 0 spiro atoms. The van der Waals surface area contributed by atoms with E-state index in [0.29, 0.717) is 0 Å². The highest BCUT2D eigenvalue weighted by Gasteiger charge is 2.17. The maximum absolute atomic E-state index is 2.38. The van der Waals surface area contributed by atoms with Gasteiger partial charge < -0.3 is 9.47 Å². The lowest BCUT2D eigenvalue weighted by molar-refractivity contribution is 1.17. The van der Waals surface area contributed by atoms with E-state index < -0.39 is 0 Å². The highest BCUT2D eigenvalue weighted by atomic mass is 15.1. The van der Waals surface area contributed by atoms with Crippen LogP contribution in [-0.4, -0.2) is 4.57 Å². The molecule has 0 fully saturated rings. The zero-order chi connectivity index (χ0) is 42.4. The maximum atomic E-state index is 2.38. The van der Waals surface area contributed by atoms with Gasteiger partial charge in [0.15, 0.2) is 0 Å². The minimum Gasteiger partial charge on any atom is -0.310 e. The first-order valence-corrected chi connectivity index (χ1v) is 22.0. The van der Waals surface area contributed by atoms with Crippen molar-refractivity contribution in [2.75, 3.05) is 4.90 Å². The molecule has 12 aromatic rings. The van der Waals surface area contributed by atoms with Gasteiger partial charge in [-0.3, -0.25) is 0 Å². The number of rotatable bonds is 8. The van der Waals surface area contributed by atoms with Crippen molar-refractivity contribution in [3.05, 3.63) is 255 Å². The lowest BCUT2D eigenvalue weighted by Gasteiger charge is -2.26. The topological polar surface area (TPSA) is 8.17 Å². The van der Waals surface area contributed by atoms with Crippen LogP contribution in [0.4, 0.5) is 17.1 Å². The SMILES string of the molecule is c1ccc(-c2ccc(-c3ccc4cc(N(c5ccc(-c6ccc(-c7ccccc7)c7ccccc67)cc5)c5ccc(-n6c7ccccc7c7ccccc76)cc5)ccc4c3)cc2)cc1. The summed E-state index contributed by atoms with van der Waals surface area (Å²) >= 11 is 0. The molecule has 1 heterocycles. The molecule has 0 unspecified atom stereocenters. The normalized spacial score (nSPS) is 11.4. The fourth-order valence-corrected chi connectivity index (χ4v) is 9.65. The summed E-state index contributed by atoms with van der Waals surface area (Å²) in [6.07, 6.45) is 0. The lowest BCUT2D eigenvalue weighted by atomic mass is 9.92. The summed E-state index contributed by atoms with van der Waals surface area (Å²) in [7, 11) is 0. The van der Waals surface area contributed by atoms with Crippen molar-refractivity contribution in [1.82, 2.24) is 4.57 Å². The number of nitrogens with zero attached hydrogens (tertiary/aromatic N) is 2. The molecule has 300 valence electrons.